The number of amides is 1. The van der Waals surface area contributed by atoms with Crippen LogP contribution in [0.4, 0.5) is 0 Å². The second kappa shape index (κ2) is 7.25. The molecule has 0 spiro atoms. The maximum absolute atomic E-state index is 11.7. The van der Waals surface area contributed by atoms with E-state index in [0.29, 0.717) is 11.5 Å². The molecule has 2 aromatic rings. The van der Waals surface area contributed by atoms with Crippen LogP contribution in [0.2, 0.25) is 0 Å². The zero-order valence-electron chi connectivity index (χ0n) is 12.2. The fourth-order valence-electron chi connectivity index (χ4n) is 1.86. The second-order valence-corrected chi connectivity index (χ2v) is 4.72. The number of nitriles is 1. The van der Waals surface area contributed by atoms with Crippen molar-refractivity contribution in [3.63, 3.8) is 0 Å². The van der Waals surface area contributed by atoms with Crippen molar-refractivity contribution in [2.45, 2.75) is 6.92 Å². The van der Waals surface area contributed by atoms with Gasteiger partial charge in [0.2, 0.25) is 0 Å². The summed E-state index contributed by atoms with van der Waals surface area (Å²) < 4.78 is 5.64. The number of nitrogens with zero attached hydrogens (tertiary/aromatic N) is 1. The van der Waals surface area contributed by atoms with E-state index in [4.69, 9.17) is 14.8 Å². The zero-order chi connectivity index (χ0) is 15.9. The average molecular weight is 296 g/mol. The van der Waals surface area contributed by atoms with Crippen LogP contribution in [0, 0.1) is 18.3 Å². The number of hydrogen-bond donors (Lipinski definition) is 2. The quantitative estimate of drug-likeness (QED) is 0.654. The predicted molar refractivity (Wildman–Crippen MR) is 82.6 cm³/mol. The molecule has 1 heterocycles. The third kappa shape index (κ3) is 3.84. The molecule has 0 aliphatic rings. The second-order valence-electron chi connectivity index (χ2n) is 4.72. The van der Waals surface area contributed by atoms with E-state index >= 15 is 0 Å². The summed E-state index contributed by atoms with van der Waals surface area (Å²) in [6, 6.07) is 13.2. The van der Waals surface area contributed by atoms with Gasteiger partial charge >= 0.3 is 0 Å². The smallest absolute Gasteiger partial charge is 0.262 e. The highest BCUT2D eigenvalue weighted by Crippen LogP contribution is 2.23. The van der Waals surface area contributed by atoms with Gasteiger partial charge in [0.05, 0.1) is 6.61 Å². The lowest BCUT2D eigenvalue weighted by molar-refractivity contribution is -0.117. The third-order valence-electron chi connectivity index (χ3n) is 3.01. The van der Waals surface area contributed by atoms with Crippen LogP contribution >= 0.6 is 0 Å². The van der Waals surface area contributed by atoms with Gasteiger partial charge < -0.3 is 14.8 Å². The number of furan rings is 1. The molecule has 2 N–H and O–H groups in total. The summed E-state index contributed by atoms with van der Waals surface area (Å²) in [7, 11) is 0. The van der Waals surface area contributed by atoms with E-state index < -0.39 is 5.91 Å². The highest BCUT2D eigenvalue weighted by molar-refractivity contribution is 6.01. The van der Waals surface area contributed by atoms with Crippen LogP contribution in [0.1, 0.15) is 11.3 Å². The number of benzene rings is 1. The fourth-order valence-corrected chi connectivity index (χ4v) is 1.86. The van der Waals surface area contributed by atoms with Crippen LogP contribution < -0.4 is 5.32 Å². The lowest BCUT2D eigenvalue weighted by atomic mass is 10.1. The number of aryl methyl sites for hydroxylation is 1. The molecule has 0 aliphatic heterocycles. The number of carbonyl (C=O) groups excluding carboxylic acids is 1. The van der Waals surface area contributed by atoms with Gasteiger partial charge in [-0.1, -0.05) is 29.8 Å². The third-order valence-corrected chi connectivity index (χ3v) is 3.01. The zero-order valence-corrected chi connectivity index (χ0v) is 12.2. The maximum Gasteiger partial charge on any atom is 0.262 e. The molecule has 112 valence electrons. The Labute approximate surface area is 128 Å². The lowest BCUT2D eigenvalue weighted by Gasteiger charge is -2.00. The van der Waals surface area contributed by atoms with E-state index in [2.05, 4.69) is 5.32 Å². The van der Waals surface area contributed by atoms with Crippen molar-refractivity contribution in [1.29, 1.82) is 5.26 Å². The van der Waals surface area contributed by atoms with Crippen molar-refractivity contribution < 1.29 is 14.3 Å². The van der Waals surface area contributed by atoms with Crippen LogP contribution in [0.3, 0.4) is 0 Å². The van der Waals surface area contributed by atoms with Crippen LogP contribution in [0.15, 0.2) is 46.4 Å². The number of carbonyl (C=O) groups is 1. The molecular formula is C17H16N2O3. The summed E-state index contributed by atoms with van der Waals surface area (Å²) in [4.78, 5) is 11.7. The Morgan fingerprint density at radius 2 is 2.05 bits per heavy atom. The molecule has 0 fully saturated rings. The maximum atomic E-state index is 11.7. The van der Waals surface area contributed by atoms with Crippen molar-refractivity contribution in [2.24, 2.45) is 0 Å². The van der Waals surface area contributed by atoms with Gasteiger partial charge in [0.25, 0.3) is 5.91 Å². The van der Waals surface area contributed by atoms with E-state index in [1.807, 2.05) is 37.3 Å². The molecule has 22 heavy (non-hydrogen) atoms. The molecule has 0 radical (unpaired) electrons. The molecule has 0 unspecified atom stereocenters. The summed E-state index contributed by atoms with van der Waals surface area (Å²) in [5.41, 5.74) is 2.01. The molecule has 0 aliphatic carbocycles. The normalized spacial score (nSPS) is 11.0. The van der Waals surface area contributed by atoms with E-state index in [1.54, 1.807) is 12.1 Å². The van der Waals surface area contributed by atoms with Gasteiger partial charge in [0.1, 0.15) is 23.2 Å². The Bertz CT molecular complexity index is 721. The highest BCUT2D eigenvalue weighted by Gasteiger charge is 2.10. The summed E-state index contributed by atoms with van der Waals surface area (Å²) >= 11 is 0. The SMILES string of the molecule is Cc1ccc(-c2ccc(C=C(C#N)C(=O)NCCO)o2)cc1. The van der Waals surface area contributed by atoms with Gasteiger partial charge in [-0.2, -0.15) is 5.26 Å². The summed E-state index contributed by atoms with van der Waals surface area (Å²) in [6.45, 7) is 1.93. The summed E-state index contributed by atoms with van der Waals surface area (Å²) in [5, 5.41) is 20.1. The first kappa shape index (κ1) is 15.5. The van der Waals surface area contributed by atoms with Crippen LogP contribution in [-0.2, 0) is 4.79 Å². The fraction of sp³-hybridized carbons (Fsp3) is 0.176. The van der Waals surface area contributed by atoms with E-state index in [1.165, 1.54) is 6.08 Å². The monoisotopic (exact) mass is 296 g/mol. The molecule has 2 rings (SSSR count). The first-order valence-corrected chi connectivity index (χ1v) is 6.82. The first-order valence-electron chi connectivity index (χ1n) is 6.82. The molecule has 0 bridgehead atoms. The molecule has 1 aromatic heterocycles. The molecule has 0 saturated carbocycles. The van der Waals surface area contributed by atoms with Crippen molar-refractivity contribution in [2.75, 3.05) is 13.2 Å². The van der Waals surface area contributed by atoms with Crippen molar-refractivity contribution >= 4 is 12.0 Å². The topological polar surface area (TPSA) is 86.3 Å². The standard InChI is InChI=1S/C17H16N2O3/c1-12-2-4-13(5-3-12)16-7-6-15(22-16)10-14(11-18)17(21)19-8-9-20/h2-7,10,20H,8-9H2,1H3,(H,19,21). The van der Waals surface area contributed by atoms with E-state index in [0.717, 1.165) is 11.1 Å². The molecule has 5 nitrogen and oxygen atoms in total. The van der Waals surface area contributed by atoms with Gasteiger partial charge in [-0.25, -0.2) is 0 Å². The number of aliphatic hydroxyl groups is 1. The molecular weight excluding hydrogens is 280 g/mol. The first-order chi connectivity index (χ1) is 10.6. The minimum absolute atomic E-state index is 0.0711. The number of rotatable bonds is 5. The van der Waals surface area contributed by atoms with E-state index in [-0.39, 0.29) is 18.7 Å². The molecule has 5 heteroatoms. The Morgan fingerprint density at radius 3 is 2.68 bits per heavy atom. The minimum Gasteiger partial charge on any atom is -0.457 e. The lowest BCUT2D eigenvalue weighted by Crippen LogP contribution is -2.27. The Kier molecular flexibility index (Phi) is 5.12. The van der Waals surface area contributed by atoms with Gasteiger partial charge in [0, 0.05) is 18.2 Å². The Morgan fingerprint density at radius 1 is 1.32 bits per heavy atom. The molecule has 1 aromatic carbocycles. The Hall–Kier alpha value is -2.84. The van der Waals surface area contributed by atoms with Crippen LogP contribution in [0.5, 0.6) is 0 Å². The van der Waals surface area contributed by atoms with Crippen molar-refractivity contribution in [3.8, 4) is 17.4 Å². The number of nitrogens with one attached hydrogen (secondary N) is 1. The van der Waals surface area contributed by atoms with Gasteiger partial charge in [-0.15, -0.1) is 0 Å². The van der Waals surface area contributed by atoms with Crippen LogP contribution in [0.25, 0.3) is 17.4 Å². The van der Waals surface area contributed by atoms with Gasteiger partial charge in [0.15, 0.2) is 0 Å². The number of hydrogen-bond acceptors (Lipinski definition) is 4. The van der Waals surface area contributed by atoms with Crippen LogP contribution in [-0.4, -0.2) is 24.2 Å². The average Bonchev–Trinajstić information content (AvgIpc) is 2.99. The number of aliphatic hydroxyl groups excluding tert-OH is 1. The molecule has 0 saturated heterocycles. The van der Waals surface area contributed by atoms with Crippen molar-refractivity contribution in [3.05, 3.63) is 53.3 Å². The minimum atomic E-state index is -0.537. The van der Waals surface area contributed by atoms with Crippen molar-refractivity contribution in [1.82, 2.24) is 5.32 Å². The summed E-state index contributed by atoms with van der Waals surface area (Å²) in [6.07, 6.45) is 1.38. The molecule has 1 amide bonds. The predicted octanol–water partition coefficient (Wildman–Crippen LogP) is 2.27. The summed E-state index contributed by atoms with van der Waals surface area (Å²) in [5.74, 6) is 0.551. The Balaban J connectivity index is 2.20. The highest BCUT2D eigenvalue weighted by atomic mass is 16.3. The van der Waals surface area contributed by atoms with Gasteiger partial charge in [-0.05, 0) is 19.1 Å². The van der Waals surface area contributed by atoms with E-state index in [9.17, 15) is 4.79 Å². The van der Waals surface area contributed by atoms with Gasteiger partial charge in [-0.3, -0.25) is 4.79 Å². The largest absolute Gasteiger partial charge is 0.457 e. The molecule has 0 atom stereocenters.